The maximum Gasteiger partial charge on any atom is 0.244 e. The molecule has 0 fully saturated rings. The molecule has 0 unspecified atom stereocenters. The number of aromatic nitrogens is 1. The highest BCUT2D eigenvalue weighted by Crippen LogP contribution is 2.31. The van der Waals surface area contributed by atoms with E-state index in [9.17, 15) is 43.2 Å². The quantitative estimate of drug-likeness (QED) is 0.172. The number of Topliss-reactive ketones (excluding diaryl/α,β-unsaturated/α-hetero) is 1. The van der Waals surface area contributed by atoms with Gasteiger partial charge in [-0.05, 0) is 52.5 Å². The van der Waals surface area contributed by atoms with Crippen LogP contribution in [-0.4, -0.2) is 106 Å². The first-order valence-electron chi connectivity index (χ1n) is 21.0. The minimum atomic E-state index is -1.23. The summed E-state index contributed by atoms with van der Waals surface area (Å²) in [6.45, 7) is 8.95. The molecule has 340 valence electrons. The Bertz CT molecular complexity index is 2160. The number of rotatable bonds is 6. The van der Waals surface area contributed by atoms with Crippen molar-refractivity contribution in [2.75, 3.05) is 5.75 Å². The van der Waals surface area contributed by atoms with E-state index in [2.05, 4.69) is 37.2 Å². The zero-order chi connectivity index (χ0) is 46.4. The van der Waals surface area contributed by atoms with Gasteiger partial charge in [-0.2, -0.15) is 0 Å². The molecule has 0 bridgehead atoms. The summed E-state index contributed by atoms with van der Waals surface area (Å²) in [6.07, 6.45) is 3.05. The number of hydrogen-bond acceptors (Lipinski definition) is 10. The molecule has 8 amide bonds. The topological polar surface area (TPSA) is 269 Å². The smallest absolute Gasteiger partial charge is 0.244 e. The van der Waals surface area contributed by atoms with Gasteiger partial charge in [0.2, 0.25) is 47.3 Å². The van der Waals surface area contributed by atoms with Crippen molar-refractivity contribution in [1.29, 1.82) is 0 Å². The molecule has 3 aromatic rings. The standard InChI is InChI=1S/C44H59N9O9S/c1-24-20-36(55)25(2)46-39(58)27(4)49-42(61)33(50-29(6)54)18-12-13-19-53-22-31-16-10-11-17-32(31)44(53)63-23-35(52-41(60)28(5)48-40(59)26(3)47-38(24)57)43(62)51-34(37(45)56)21-30-14-8-7-9-15-30/h7-11,14-17,22,24-28,33-35H,12-13,18-21,23H2,1-6H3,(H2,45,56)(H,46,58)(H,47,57)(H,48,59)(H,49,61)(H,50,54)(H,51,62)(H,52,60)/t24-,25+,26+,27+,28+,33+,34+,35+/m1/s1. The number of nitrogens with one attached hydrogen (secondary N) is 7. The van der Waals surface area contributed by atoms with Gasteiger partial charge in [-0.1, -0.05) is 61.5 Å². The Hall–Kier alpha value is -6.24. The van der Waals surface area contributed by atoms with Crippen LogP contribution in [0.15, 0.2) is 65.8 Å². The molecule has 0 saturated heterocycles. The van der Waals surface area contributed by atoms with Crippen LogP contribution in [0.2, 0.25) is 0 Å². The second-order valence-electron chi connectivity index (χ2n) is 16.0. The number of aryl methyl sites for hydroxylation is 1. The van der Waals surface area contributed by atoms with Crippen LogP contribution in [0.4, 0.5) is 0 Å². The SMILES string of the molecule is CC(=O)N[C@H]1CCCCn2cc3ccccc3c2SC[C@@H](C(=O)N[C@@H](Cc2ccccc2)C(N)=O)NC(=O)[C@H](C)NC(=O)[C@H](C)NC(=O)[C@H](C)CC(=O)[C@H](C)NC(=O)[C@H](C)NC1=O. The van der Waals surface area contributed by atoms with E-state index in [1.54, 1.807) is 24.3 Å². The summed E-state index contributed by atoms with van der Waals surface area (Å²) in [6, 6.07) is 8.87. The lowest BCUT2D eigenvalue weighted by atomic mass is 9.99. The van der Waals surface area contributed by atoms with Crippen molar-refractivity contribution in [2.24, 2.45) is 11.7 Å². The molecule has 1 aliphatic rings. The van der Waals surface area contributed by atoms with Crippen LogP contribution in [0.25, 0.3) is 10.8 Å². The summed E-state index contributed by atoms with van der Waals surface area (Å²) < 4.78 is 2.00. The normalized spacial score (nSPS) is 24.8. The fraction of sp³-hybridized carbons (Fsp3) is 0.477. The Morgan fingerprint density at radius 3 is 1.95 bits per heavy atom. The van der Waals surface area contributed by atoms with E-state index in [1.165, 1.54) is 53.3 Å². The molecule has 63 heavy (non-hydrogen) atoms. The zero-order valence-electron chi connectivity index (χ0n) is 36.4. The fourth-order valence-electron chi connectivity index (χ4n) is 6.84. The van der Waals surface area contributed by atoms with E-state index in [4.69, 9.17) is 5.73 Å². The molecule has 2 heterocycles. The molecular weight excluding hydrogens is 831 g/mol. The monoisotopic (exact) mass is 889 g/mol. The van der Waals surface area contributed by atoms with E-state index in [0.29, 0.717) is 19.4 Å². The lowest BCUT2D eigenvalue weighted by molar-refractivity contribution is -0.135. The van der Waals surface area contributed by atoms with Gasteiger partial charge in [-0.3, -0.25) is 43.2 Å². The van der Waals surface area contributed by atoms with E-state index >= 15 is 0 Å². The molecular formula is C44H59N9O9S. The summed E-state index contributed by atoms with van der Waals surface area (Å²) in [5.41, 5.74) is 6.48. The maximum absolute atomic E-state index is 14.0. The average molecular weight is 890 g/mol. The molecule has 1 aromatic heterocycles. The first-order valence-corrected chi connectivity index (χ1v) is 22.0. The highest BCUT2D eigenvalue weighted by molar-refractivity contribution is 7.99. The minimum absolute atomic E-state index is 0.0126. The summed E-state index contributed by atoms with van der Waals surface area (Å²) in [4.78, 5) is 118. The lowest BCUT2D eigenvalue weighted by Crippen LogP contribution is -2.58. The second kappa shape index (κ2) is 23.3. The van der Waals surface area contributed by atoms with Gasteiger partial charge in [-0.25, -0.2) is 0 Å². The van der Waals surface area contributed by atoms with Gasteiger partial charge in [0.25, 0.3) is 0 Å². The molecule has 0 saturated carbocycles. The zero-order valence-corrected chi connectivity index (χ0v) is 37.3. The average Bonchev–Trinajstić information content (AvgIpc) is 3.59. The van der Waals surface area contributed by atoms with Crippen molar-refractivity contribution < 1.29 is 43.2 Å². The van der Waals surface area contributed by atoms with Crippen molar-refractivity contribution >= 4 is 75.6 Å². The maximum atomic E-state index is 14.0. The van der Waals surface area contributed by atoms with Gasteiger partial charge >= 0.3 is 0 Å². The number of benzene rings is 2. The molecule has 18 nitrogen and oxygen atoms in total. The van der Waals surface area contributed by atoms with Crippen LogP contribution in [0.1, 0.15) is 72.8 Å². The Labute approximate surface area is 370 Å². The highest BCUT2D eigenvalue weighted by Gasteiger charge is 2.31. The molecule has 9 N–H and O–H groups in total. The Morgan fingerprint density at radius 1 is 0.746 bits per heavy atom. The predicted octanol–water partition coefficient (Wildman–Crippen LogP) is 0.734. The third-order valence-electron chi connectivity index (χ3n) is 10.6. The van der Waals surface area contributed by atoms with Gasteiger partial charge in [0.1, 0.15) is 36.3 Å². The molecule has 0 radical (unpaired) electrons. The number of thioether (sulfide) groups is 1. The molecule has 19 heteroatoms. The van der Waals surface area contributed by atoms with Crippen LogP contribution >= 0.6 is 11.8 Å². The number of amides is 8. The summed E-state index contributed by atoms with van der Waals surface area (Å²) in [5.74, 6) is -6.59. The number of hydrogen-bond donors (Lipinski definition) is 8. The highest BCUT2D eigenvalue weighted by atomic mass is 32.2. The van der Waals surface area contributed by atoms with Crippen LogP contribution in [0, 0.1) is 5.92 Å². The van der Waals surface area contributed by atoms with Crippen molar-refractivity contribution in [3.63, 3.8) is 0 Å². The van der Waals surface area contributed by atoms with E-state index < -0.39 is 101 Å². The van der Waals surface area contributed by atoms with Gasteiger partial charge < -0.3 is 47.5 Å². The number of nitrogens with zero attached hydrogens (tertiary/aromatic N) is 1. The third kappa shape index (κ3) is 14.7. The second-order valence-corrected chi connectivity index (χ2v) is 17.0. The van der Waals surface area contributed by atoms with Crippen molar-refractivity contribution in [3.05, 3.63) is 66.4 Å². The summed E-state index contributed by atoms with van der Waals surface area (Å²) in [5, 5.41) is 20.9. The number of fused-ring (bicyclic) bond motifs is 3. The van der Waals surface area contributed by atoms with E-state index in [0.717, 1.165) is 21.4 Å². The minimum Gasteiger partial charge on any atom is -0.368 e. The van der Waals surface area contributed by atoms with Crippen molar-refractivity contribution in [1.82, 2.24) is 41.8 Å². The molecule has 2 aromatic carbocycles. The number of primary amides is 1. The van der Waals surface area contributed by atoms with Crippen LogP contribution in [0.5, 0.6) is 0 Å². The summed E-state index contributed by atoms with van der Waals surface area (Å²) in [7, 11) is 0. The molecule has 0 spiro atoms. The van der Waals surface area contributed by atoms with Crippen molar-refractivity contribution in [2.45, 2.75) is 128 Å². The number of carbonyl (C=O) groups excluding carboxylic acids is 9. The van der Waals surface area contributed by atoms with Crippen LogP contribution in [-0.2, 0) is 56.1 Å². The predicted molar refractivity (Wildman–Crippen MR) is 237 cm³/mol. The fourth-order valence-corrected chi connectivity index (χ4v) is 8.05. The number of nitrogens with two attached hydrogens (primary N) is 1. The van der Waals surface area contributed by atoms with Gasteiger partial charge in [0.05, 0.1) is 11.1 Å². The molecule has 8 atom stereocenters. The van der Waals surface area contributed by atoms with E-state index in [-0.39, 0.29) is 25.0 Å². The third-order valence-corrected chi connectivity index (χ3v) is 11.8. The molecule has 1 aliphatic heterocycles. The molecule has 0 aliphatic carbocycles. The first kappa shape index (κ1) is 49.4. The Balaban J connectivity index is 1.65. The molecule has 4 rings (SSSR count). The van der Waals surface area contributed by atoms with Crippen LogP contribution in [0.3, 0.4) is 0 Å². The number of carbonyl (C=O) groups is 9. The largest absolute Gasteiger partial charge is 0.368 e. The van der Waals surface area contributed by atoms with E-state index in [1.807, 2.05) is 41.1 Å². The Kier molecular flexibility index (Phi) is 18.3. The van der Waals surface area contributed by atoms with Gasteiger partial charge in [0, 0.05) is 55.0 Å². The van der Waals surface area contributed by atoms with Gasteiger partial charge in [-0.15, -0.1) is 11.8 Å². The summed E-state index contributed by atoms with van der Waals surface area (Å²) >= 11 is 1.29. The Morgan fingerprint density at radius 2 is 1.32 bits per heavy atom. The number of ketones is 1. The first-order chi connectivity index (χ1) is 29.8. The van der Waals surface area contributed by atoms with Gasteiger partial charge in [0.15, 0.2) is 5.78 Å². The lowest BCUT2D eigenvalue weighted by Gasteiger charge is -2.24. The van der Waals surface area contributed by atoms with Crippen LogP contribution < -0.4 is 43.0 Å². The van der Waals surface area contributed by atoms with Crippen molar-refractivity contribution in [3.8, 4) is 0 Å².